The molecule has 0 bridgehead atoms. The predicted octanol–water partition coefficient (Wildman–Crippen LogP) is 2.41. The molecule has 0 atom stereocenters. The number of benzene rings is 1. The third-order valence-electron chi connectivity index (χ3n) is 2.05. The van der Waals surface area contributed by atoms with Crippen molar-refractivity contribution < 1.29 is 18.7 Å². The van der Waals surface area contributed by atoms with Gasteiger partial charge in [0.1, 0.15) is 25.3 Å². The van der Waals surface area contributed by atoms with Gasteiger partial charge in [0, 0.05) is 4.47 Å². The minimum Gasteiger partial charge on any atom is -0.494 e. The third kappa shape index (κ3) is 2.97. The average Bonchev–Trinajstić information content (AvgIpc) is 2.35. The molecule has 2 rings (SSSR count). The Hall–Kier alpha value is -1.56. The Labute approximate surface area is 106 Å². The summed E-state index contributed by atoms with van der Waals surface area (Å²) in [6.45, 7) is 0.740. The molecular weight excluding hydrogens is 293 g/mol. The summed E-state index contributed by atoms with van der Waals surface area (Å²) in [4.78, 5) is 11.7. The first-order valence-corrected chi connectivity index (χ1v) is 5.67. The van der Waals surface area contributed by atoms with Crippen LogP contribution in [0.25, 0.3) is 0 Å². The summed E-state index contributed by atoms with van der Waals surface area (Å²) >= 11 is 3.21. The van der Waals surface area contributed by atoms with Gasteiger partial charge < -0.3 is 14.8 Å². The second-order valence-electron chi connectivity index (χ2n) is 3.28. The second kappa shape index (κ2) is 5.18. The van der Waals surface area contributed by atoms with Gasteiger partial charge >= 0.3 is 0 Å². The molecule has 1 heterocycles. The fourth-order valence-electron chi connectivity index (χ4n) is 1.26. The number of hydrogen-bond acceptors (Lipinski definition) is 3. The molecule has 1 aromatic rings. The first-order chi connectivity index (χ1) is 8.16. The predicted molar refractivity (Wildman–Crippen MR) is 62.7 cm³/mol. The number of carbonyl (C=O) groups excluding carboxylic acids is 1. The van der Waals surface area contributed by atoms with Crippen molar-refractivity contribution >= 4 is 27.5 Å². The van der Waals surface area contributed by atoms with E-state index in [0.717, 1.165) is 0 Å². The first-order valence-electron chi connectivity index (χ1n) is 4.88. The lowest BCUT2D eigenvalue weighted by molar-refractivity contribution is -0.117. The highest BCUT2D eigenvalue weighted by atomic mass is 79.9. The number of anilines is 1. The number of amides is 1. The molecule has 1 aliphatic heterocycles. The second-order valence-corrected chi connectivity index (χ2v) is 4.13. The molecule has 0 spiro atoms. The molecule has 0 unspecified atom stereocenters. The van der Waals surface area contributed by atoms with E-state index < -0.39 is 11.7 Å². The molecule has 0 aromatic heterocycles. The van der Waals surface area contributed by atoms with Gasteiger partial charge in [-0.15, -0.1) is 0 Å². The summed E-state index contributed by atoms with van der Waals surface area (Å²) in [7, 11) is 0. The molecule has 90 valence electrons. The maximum Gasteiger partial charge on any atom is 0.294 e. The molecule has 0 saturated carbocycles. The molecule has 1 aliphatic rings. The van der Waals surface area contributed by atoms with Crippen LogP contribution in [0.3, 0.4) is 0 Å². The molecule has 6 heteroatoms. The highest BCUT2D eigenvalue weighted by Crippen LogP contribution is 2.23. The van der Waals surface area contributed by atoms with Crippen LogP contribution in [0.2, 0.25) is 0 Å². The molecule has 1 amide bonds. The van der Waals surface area contributed by atoms with Crippen LogP contribution in [-0.4, -0.2) is 19.1 Å². The number of carbonyl (C=O) groups is 1. The lowest BCUT2D eigenvalue weighted by Crippen LogP contribution is -2.21. The molecule has 0 saturated heterocycles. The Balaban J connectivity index is 2.12. The molecule has 1 N–H and O–H groups in total. The van der Waals surface area contributed by atoms with E-state index >= 15 is 0 Å². The number of hydrogen-bond donors (Lipinski definition) is 1. The fourth-order valence-corrected chi connectivity index (χ4v) is 1.61. The van der Waals surface area contributed by atoms with Gasteiger partial charge in [0.15, 0.2) is 0 Å². The Kier molecular flexibility index (Phi) is 3.63. The SMILES string of the molecule is O=C(Nc1cc(F)ccc1Br)C1=COCCO1. The van der Waals surface area contributed by atoms with Crippen LogP contribution >= 0.6 is 15.9 Å². The van der Waals surface area contributed by atoms with Gasteiger partial charge in [-0.25, -0.2) is 4.39 Å². The minimum atomic E-state index is -0.476. The van der Waals surface area contributed by atoms with E-state index in [1.54, 1.807) is 0 Å². The summed E-state index contributed by atoms with van der Waals surface area (Å²) in [5, 5.41) is 2.52. The quantitative estimate of drug-likeness (QED) is 0.912. The van der Waals surface area contributed by atoms with Gasteiger partial charge in [-0.3, -0.25) is 4.79 Å². The molecule has 4 nitrogen and oxygen atoms in total. The zero-order valence-electron chi connectivity index (χ0n) is 8.70. The minimum absolute atomic E-state index is 0.0763. The largest absolute Gasteiger partial charge is 0.494 e. The van der Waals surface area contributed by atoms with E-state index in [9.17, 15) is 9.18 Å². The van der Waals surface area contributed by atoms with E-state index in [1.807, 2.05) is 0 Å². The highest BCUT2D eigenvalue weighted by Gasteiger charge is 2.16. The number of rotatable bonds is 2. The molecule has 0 fully saturated rings. The first kappa shape index (κ1) is 11.9. The van der Waals surface area contributed by atoms with Crippen LogP contribution in [0.15, 0.2) is 34.7 Å². The molecule has 17 heavy (non-hydrogen) atoms. The monoisotopic (exact) mass is 301 g/mol. The summed E-state index contributed by atoms with van der Waals surface area (Å²) in [6, 6.07) is 4.02. The van der Waals surface area contributed by atoms with Crippen molar-refractivity contribution in [2.45, 2.75) is 0 Å². The Morgan fingerprint density at radius 3 is 2.94 bits per heavy atom. The van der Waals surface area contributed by atoms with Gasteiger partial charge in [-0.2, -0.15) is 0 Å². The Bertz CT molecular complexity index is 476. The van der Waals surface area contributed by atoms with Crippen LogP contribution in [0.5, 0.6) is 0 Å². The zero-order chi connectivity index (χ0) is 12.3. The summed E-state index contributed by atoms with van der Waals surface area (Å²) < 4.78 is 23.6. The van der Waals surface area contributed by atoms with Crippen LogP contribution in [-0.2, 0) is 14.3 Å². The number of nitrogens with one attached hydrogen (secondary N) is 1. The normalized spacial score (nSPS) is 14.4. The lowest BCUT2D eigenvalue weighted by Gasteiger charge is -2.15. The molecule has 1 aromatic carbocycles. The molecule has 0 aliphatic carbocycles. The van der Waals surface area contributed by atoms with E-state index in [0.29, 0.717) is 23.4 Å². The Morgan fingerprint density at radius 1 is 1.41 bits per heavy atom. The van der Waals surface area contributed by atoms with Crippen LogP contribution in [0.1, 0.15) is 0 Å². The van der Waals surface area contributed by atoms with E-state index in [1.165, 1.54) is 24.5 Å². The van der Waals surface area contributed by atoms with Crippen LogP contribution < -0.4 is 5.32 Å². The van der Waals surface area contributed by atoms with E-state index in [2.05, 4.69) is 21.2 Å². The summed E-state index contributed by atoms with van der Waals surface area (Å²) in [6.07, 6.45) is 1.24. The van der Waals surface area contributed by atoms with Crippen molar-refractivity contribution in [3.63, 3.8) is 0 Å². The third-order valence-corrected chi connectivity index (χ3v) is 2.74. The van der Waals surface area contributed by atoms with Gasteiger partial charge in [-0.05, 0) is 34.1 Å². The van der Waals surface area contributed by atoms with Gasteiger partial charge in [0.2, 0.25) is 5.76 Å². The van der Waals surface area contributed by atoms with E-state index in [-0.39, 0.29) is 5.76 Å². The average molecular weight is 302 g/mol. The van der Waals surface area contributed by atoms with Crippen molar-refractivity contribution in [3.05, 3.63) is 40.5 Å². The highest BCUT2D eigenvalue weighted by molar-refractivity contribution is 9.10. The van der Waals surface area contributed by atoms with Gasteiger partial charge in [0.05, 0.1) is 5.69 Å². The van der Waals surface area contributed by atoms with E-state index in [4.69, 9.17) is 9.47 Å². The fraction of sp³-hybridized carbons (Fsp3) is 0.182. The standard InChI is InChI=1S/C11H9BrFNO3/c12-8-2-1-7(13)5-9(8)14-11(15)10-6-16-3-4-17-10/h1-2,5-6H,3-4H2,(H,14,15). The smallest absolute Gasteiger partial charge is 0.294 e. The van der Waals surface area contributed by atoms with Crippen LogP contribution in [0.4, 0.5) is 10.1 Å². The van der Waals surface area contributed by atoms with Crippen molar-refractivity contribution in [1.82, 2.24) is 0 Å². The maximum absolute atomic E-state index is 13.0. The van der Waals surface area contributed by atoms with Gasteiger partial charge in [-0.1, -0.05) is 0 Å². The van der Waals surface area contributed by atoms with Crippen molar-refractivity contribution in [3.8, 4) is 0 Å². The van der Waals surface area contributed by atoms with Gasteiger partial charge in [0.25, 0.3) is 5.91 Å². The summed E-state index contributed by atoms with van der Waals surface area (Å²) in [5.41, 5.74) is 0.338. The van der Waals surface area contributed by atoms with Crippen molar-refractivity contribution in [2.75, 3.05) is 18.5 Å². The Morgan fingerprint density at radius 2 is 2.24 bits per heavy atom. The lowest BCUT2D eigenvalue weighted by atomic mass is 10.3. The van der Waals surface area contributed by atoms with Crippen molar-refractivity contribution in [1.29, 1.82) is 0 Å². The number of ether oxygens (including phenoxy) is 2. The zero-order valence-corrected chi connectivity index (χ0v) is 10.3. The van der Waals surface area contributed by atoms with Crippen molar-refractivity contribution in [2.24, 2.45) is 0 Å². The summed E-state index contributed by atoms with van der Waals surface area (Å²) in [5.74, 6) is -0.832. The maximum atomic E-state index is 13.0. The van der Waals surface area contributed by atoms with Crippen LogP contribution in [0, 0.1) is 5.82 Å². The number of halogens is 2. The molecular formula is C11H9BrFNO3. The molecule has 0 radical (unpaired) electrons. The topological polar surface area (TPSA) is 47.6 Å².